The number of amides is 3. The largest absolute Gasteiger partial charge is 0.416 e. The lowest BCUT2D eigenvalue weighted by atomic mass is 9.90. The molecule has 8 nitrogen and oxygen atoms in total. The smallest absolute Gasteiger partial charge is 0.347 e. The highest BCUT2D eigenvalue weighted by molar-refractivity contribution is 7.90. The molecule has 2 heterocycles. The molecule has 2 aromatic carbocycles. The number of benzene rings is 2. The molecule has 0 saturated carbocycles. The molecule has 2 fully saturated rings. The second-order valence-corrected chi connectivity index (χ2v) is 12.6. The van der Waals surface area contributed by atoms with Crippen LogP contribution in [0.1, 0.15) is 47.3 Å². The van der Waals surface area contributed by atoms with E-state index in [2.05, 4.69) is 5.32 Å². The van der Waals surface area contributed by atoms with Gasteiger partial charge in [-0.15, -0.1) is 0 Å². The van der Waals surface area contributed by atoms with Crippen molar-refractivity contribution in [2.24, 2.45) is 11.8 Å². The fraction of sp³-hybridized carbons (Fsp3) is 0.444. The summed E-state index contributed by atoms with van der Waals surface area (Å²) >= 11 is 0. The number of hydrogen-bond acceptors (Lipinski definition) is 5. The first kappa shape index (κ1) is 29.5. The minimum atomic E-state index is -4.77. The van der Waals surface area contributed by atoms with Crippen LogP contribution in [0.2, 0.25) is 0 Å². The molecule has 3 amide bonds. The van der Waals surface area contributed by atoms with E-state index in [4.69, 9.17) is 0 Å². The van der Waals surface area contributed by atoms with Crippen LogP contribution in [0.4, 0.5) is 17.6 Å². The normalized spacial score (nSPS) is 22.5. The van der Waals surface area contributed by atoms with Gasteiger partial charge in [0.05, 0.1) is 16.5 Å². The van der Waals surface area contributed by atoms with E-state index >= 15 is 4.39 Å². The standard InChI is InChI=1S/C27H29F4N3O5S/c1-15-9-22(34(13-15)26(37)16-5-4-6-19(10-16)40(3,38)39)25(36)32-24(17-11-23(35)33(2)14-17)20-8-7-18(12-21(20)28)27(29,30)31/h4-8,10,12,15,17,22,24H,9,11,13-14H2,1-3H3,(H,32,36)/t15-,17?,22-,24?/m1/s1. The molecule has 2 unspecified atom stereocenters. The monoisotopic (exact) mass is 583 g/mol. The van der Waals surface area contributed by atoms with Crippen LogP contribution >= 0.6 is 0 Å². The van der Waals surface area contributed by atoms with Crippen molar-refractivity contribution in [1.29, 1.82) is 0 Å². The van der Waals surface area contributed by atoms with Gasteiger partial charge < -0.3 is 15.1 Å². The van der Waals surface area contributed by atoms with E-state index in [1.54, 1.807) is 0 Å². The van der Waals surface area contributed by atoms with Crippen molar-refractivity contribution in [1.82, 2.24) is 15.1 Å². The van der Waals surface area contributed by atoms with Gasteiger partial charge in [0.2, 0.25) is 11.8 Å². The Morgan fingerprint density at radius 1 is 1.10 bits per heavy atom. The number of carbonyl (C=O) groups is 3. The Morgan fingerprint density at radius 2 is 1.80 bits per heavy atom. The van der Waals surface area contributed by atoms with Gasteiger partial charge in [0, 0.05) is 49.9 Å². The van der Waals surface area contributed by atoms with E-state index in [0.717, 1.165) is 18.4 Å². The van der Waals surface area contributed by atoms with E-state index in [1.807, 2.05) is 6.92 Å². The molecule has 1 N–H and O–H groups in total. The van der Waals surface area contributed by atoms with Gasteiger partial charge in [-0.1, -0.05) is 19.1 Å². The van der Waals surface area contributed by atoms with Crippen molar-refractivity contribution in [2.45, 2.75) is 42.9 Å². The molecule has 2 aliphatic rings. The molecule has 2 aromatic rings. The van der Waals surface area contributed by atoms with Crippen molar-refractivity contribution in [3.05, 3.63) is 65.0 Å². The molecule has 13 heteroatoms. The van der Waals surface area contributed by atoms with Gasteiger partial charge >= 0.3 is 6.18 Å². The van der Waals surface area contributed by atoms with E-state index in [-0.39, 0.29) is 53.8 Å². The van der Waals surface area contributed by atoms with E-state index < -0.39 is 57.2 Å². The molecule has 216 valence electrons. The first-order valence-corrected chi connectivity index (χ1v) is 14.5. The molecule has 0 aromatic heterocycles. The molecule has 40 heavy (non-hydrogen) atoms. The predicted molar refractivity (Wildman–Crippen MR) is 136 cm³/mol. The van der Waals surface area contributed by atoms with Crippen molar-refractivity contribution >= 4 is 27.6 Å². The Morgan fingerprint density at radius 3 is 2.38 bits per heavy atom. The zero-order valence-electron chi connectivity index (χ0n) is 22.0. The van der Waals surface area contributed by atoms with Gasteiger partial charge in [-0.25, -0.2) is 12.8 Å². The molecule has 0 spiro atoms. The Kier molecular flexibility index (Phi) is 7.99. The molecule has 4 rings (SSSR count). The fourth-order valence-corrected chi connectivity index (χ4v) is 5.99. The summed E-state index contributed by atoms with van der Waals surface area (Å²) in [5, 5.41) is 2.72. The summed E-state index contributed by atoms with van der Waals surface area (Å²) in [7, 11) is -2.06. The number of nitrogens with zero attached hydrogens (tertiary/aromatic N) is 2. The third-order valence-electron chi connectivity index (χ3n) is 7.39. The quantitative estimate of drug-likeness (QED) is 0.525. The minimum absolute atomic E-state index is 0.0517. The van der Waals surface area contributed by atoms with Gasteiger partial charge in [0.15, 0.2) is 9.84 Å². The Labute approximate surface area is 229 Å². The highest BCUT2D eigenvalue weighted by Crippen LogP contribution is 2.36. The van der Waals surface area contributed by atoms with Gasteiger partial charge in [-0.05, 0) is 42.7 Å². The van der Waals surface area contributed by atoms with E-state index in [0.29, 0.717) is 6.07 Å². The summed E-state index contributed by atoms with van der Waals surface area (Å²) in [5.74, 6) is -3.37. The predicted octanol–water partition coefficient (Wildman–Crippen LogP) is 3.43. The number of hydrogen-bond donors (Lipinski definition) is 1. The highest BCUT2D eigenvalue weighted by Gasteiger charge is 2.42. The average Bonchev–Trinajstić information content (AvgIpc) is 3.42. The average molecular weight is 584 g/mol. The van der Waals surface area contributed by atoms with Crippen LogP contribution < -0.4 is 5.32 Å². The Hall–Kier alpha value is -3.48. The zero-order chi connectivity index (χ0) is 29.6. The summed E-state index contributed by atoms with van der Waals surface area (Å²) in [5.41, 5.74) is -1.31. The molecule has 4 atom stereocenters. The van der Waals surface area contributed by atoms with Gasteiger partial charge in [0.25, 0.3) is 5.91 Å². The number of carbonyl (C=O) groups excluding carboxylic acids is 3. The second kappa shape index (κ2) is 10.8. The summed E-state index contributed by atoms with van der Waals surface area (Å²) in [4.78, 5) is 41.9. The maximum absolute atomic E-state index is 15.1. The van der Waals surface area contributed by atoms with Crippen molar-refractivity contribution in [2.75, 3.05) is 26.4 Å². The van der Waals surface area contributed by atoms with Gasteiger partial charge in [-0.3, -0.25) is 14.4 Å². The second-order valence-electron chi connectivity index (χ2n) is 10.6. The third kappa shape index (κ3) is 6.13. The lowest BCUT2D eigenvalue weighted by Crippen LogP contribution is -2.48. The Balaban J connectivity index is 1.64. The lowest BCUT2D eigenvalue weighted by Gasteiger charge is -2.30. The molecule has 0 bridgehead atoms. The maximum Gasteiger partial charge on any atom is 0.416 e. The minimum Gasteiger partial charge on any atom is -0.347 e. The van der Waals surface area contributed by atoms with Crippen LogP contribution in [0.3, 0.4) is 0 Å². The number of alkyl halides is 3. The fourth-order valence-electron chi connectivity index (χ4n) is 5.32. The summed E-state index contributed by atoms with van der Waals surface area (Å²) in [6.45, 7) is 2.17. The molecular weight excluding hydrogens is 554 g/mol. The van der Waals surface area contributed by atoms with Crippen molar-refractivity contribution < 1.29 is 40.4 Å². The van der Waals surface area contributed by atoms with Crippen LogP contribution in [0.25, 0.3) is 0 Å². The van der Waals surface area contributed by atoms with Gasteiger partial charge in [0.1, 0.15) is 11.9 Å². The molecular formula is C27H29F4N3O5S. The first-order chi connectivity index (χ1) is 18.6. The SMILES string of the molecule is C[C@@H]1C[C@H](C(=O)NC(c2ccc(C(F)(F)F)cc2F)C2CC(=O)N(C)C2)N(C(=O)c2cccc(S(C)(=O)=O)c2)C1. The third-order valence-corrected chi connectivity index (χ3v) is 8.50. The summed E-state index contributed by atoms with van der Waals surface area (Å²) < 4.78 is 78.5. The highest BCUT2D eigenvalue weighted by atomic mass is 32.2. The zero-order valence-corrected chi connectivity index (χ0v) is 22.9. The van der Waals surface area contributed by atoms with E-state index in [9.17, 15) is 36.0 Å². The maximum atomic E-state index is 15.1. The van der Waals surface area contributed by atoms with Gasteiger partial charge in [-0.2, -0.15) is 13.2 Å². The molecule has 0 aliphatic carbocycles. The summed E-state index contributed by atoms with van der Waals surface area (Å²) in [6, 6.07) is 5.36. The topological polar surface area (TPSA) is 104 Å². The molecule has 2 saturated heterocycles. The van der Waals surface area contributed by atoms with Crippen LogP contribution in [-0.4, -0.2) is 68.4 Å². The number of likely N-dealkylation sites (tertiary alicyclic amines) is 2. The number of halogens is 4. The number of nitrogens with one attached hydrogen (secondary N) is 1. The van der Waals surface area contributed by atoms with E-state index in [1.165, 1.54) is 41.1 Å². The first-order valence-electron chi connectivity index (χ1n) is 12.6. The summed E-state index contributed by atoms with van der Waals surface area (Å²) in [6.07, 6.45) is -3.55. The Bertz CT molecular complexity index is 1450. The lowest BCUT2D eigenvalue weighted by molar-refractivity contribution is -0.137. The number of sulfone groups is 1. The van der Waals surface area contributed by atoms with Crippen molar-refractivity contribution in [3.8, 4) is 0 Å². The van der Waals surface area contributed by atoms with Crippen LogP contribution in [-0.2, 0) is 25.6 Å². The number of rotatable bonds is 6. The van der Waals surface area contributed by atoms with Crippen molar-refractivity contribution in [3.63, 3.8) is 0 Å². The molecule has 2 aliphatic heterocycles. The van der Waals surface area contributed by atoms with Crippen LogP contribution in [0, 0.1) is 17.7 Å². The van der Waals surface area contributed by atoms with Crippen LogP contribution in [0.5, 0.6) is 0 Å². The molecule has 0 radical (unpaired) electrons. The van der Waals surface area contributed by atoms with Crippen LogP contribution in [0.15, 0.2) is 47.4 Å².